The SMILES string of the molecule is CC(=O)N(CCC(=O)N1CCCC1)c1c(C)cccc1C. The lowest BCUT2D eigenvalue weighted by Gasteiger charge is -2.26. The normalized spacial score (nSPS) is 14.3. The van der Waals surface area contributed by atoms with Crippen molar-refractivity contribution in [3.63, 3.8) is 0 Å². The van der Waals surface area contributed by atoms with Crippen molar-refractivity contribution in [3.05, 3.63) is 29.3 Å². The molecule has 4 nitrogen and oxygen atoms in total. The van der Waals surface area contributed by atoms with Crippen LogP contribution in [0.1, 0.15) is 37.3 Å². The molecule has 0 bridgehead atoms. The highest BCUT2D eigenvalue weighted by atomic mass is 16.2. The van der Waals surface area contributed by atoms with Crippen molar-refractivity contribution in [1.29, 1.82) is 0 Å². The zero-order valence-corrected chi connectivity index (χ0v) is 13.2. The molecule has 0 aromatic heterocycles. The first-order valence-corrected chi connectivity index (χ1v) is 7.63. The number of rotatable bonds is 4. The molecule has 1 aliphatic rings. The van der Waals surface area contributed by atoms with E-state index in [2.05, 4.69) is 0 Å². The van der Waals surface area contributed by atoms with Gasteiger partial charge in [-0.1, -0.05) is 18.2 Å². The average molecular weight is 288 g/mol. The molecule has 0 aliphatic carbocycles. The van der Waals surface area contributed by atoms with Gasteiger partial charge in [-0.05, 0) is 37.8 Å². The maximum Gasteiger partial charge on any atom is 0.224 e. The van der Waals surface area contributed by atoms with Crippen molar-refractivity contribution in [1.82, 2.24) is 4.90 Å². The van der Waals surface area contributed by atoms with Gasteiger partial charge in [-0.25, -0.2) is 0 Å². The molecule has 0 atom stereocenters. The Morgan fingerprint density at radius 3 is 2.24 bits per heavy atom. The van der Waals surface area contributed by atoms with E-state index in [1.807, 2.05) is 36.9 Å². The second kappa shape index (κ2) is 6.74. The number of carbonyl (C=O) groups excluding carboxylic acids is 2. The van der Waals surface area contributed by atoms with Crippen LogP contribution in [0, 0.1) is 13.8 Å². The first-order chi connectivity index (χ1) is 10.0. The average Bonchev–Trinajstić information content (AvgIpc) is 2.95. The predicted molar refractivity (Wildman–Crippen MR) is 84.4 cm³/mol. The van der Waals surface area contributed by atoms with E-state index in [0.717, 1.165) is 42.7 Å². The Labute approximate surface area is 126 Å². The van der Waals surface area contributed by atoms with E-state index in [1.165, 1.54) is 0 Å². The number of nitrogens with zero attached hydrogens (tertiary/aromatic N) is 2. The van der Waals surface area contributed by atoms with Crippen LogP contribution in [0.3, 0.4) is 0 Å². The van der Waals surface area contributed by atoms with Crippen molar-refractivity contribution < 1.29 is 9.59 Å². The second-order valence-electron chi connectivity index (χ2n) is 5.75. The molecule has 1 aromatic carbocycles. The summed E-state index contributed by atoms with van der Waals surface area (Å²) in [6, 6.07) is 5.99. The second-order valence-corrected chi connectivity index (χ2v) is 5.75. The third-order valence-corrected chi connectivity index (χ3v) is 4.10. The van der Waals surface area contributed by atoms with Crippen LogP contribution in [-0.2, 0) is 9.59 Å². The third kappa shape index (κ3) is 3.63. The maximum atomic E-state index is 12.2. The van der Waals surface area contributed by atoms with Crippen molar-refractivity contribution in [2.45, 2.75) is 40.0 Å². The number of hydrogen-bond donors (Lipinski definition) is 0. The smallest absolute Gasteiger partial charge is 0.224 e. The van der Waals surface area contributed by atoms with Crippen molar-refractivity contribution in [3.8, 4) is 0 Å². The molecule has 0 radical (unpaired) electrons. The van der Waals surface area contributed by atoms with Crippen LogP contribution in [0.15, 0.2) is 18.2 Å². The van der Waals surface area contributed by atoms with Crippen LogP contribution in [0.5, 0.6) is 0 Å². The molecular formula is C17H24N2O2. The van der Waals surface area contributed by atoms with E-state index in [4.69, 9.17) is 0 Å². The Kier molecular flexibility index (Phi) is 4.99. The minimum atomic E-state index is -0.0124. The molecule has 21 heavy (non-hydrogen) atoms. The van der Waals surface area contributed by atoms with Crippen molar-refractivity contribution >= 4 is 17.5 Å². The fourth-order valence-corrected chi connectivity index (χ4v) is 2.99. The third-order valence-electron chi connectivity index (χ3n) is 4.10. The summed E-state index contributed by atoms with van der Waals surface area (Å²) in [4.78, 5) is 27.8. The van der Waals surface area contributed by atoms with E-state index in [-0.39, 0.29) is 11.8 Å². The highest BCUT2D eigenvalue weighted by Crippen LogP contribution is 2.25. The summed E-state index contributed by atoms with van der Waals surface area (Å²) in [6.07, 6.45) is 2.59. The largest absolute Gasteiger partial charge is 0.343 e. The molecule has 1 aromatic rings. The molecule has 0 unspecified atom stereocenters. The molecule has 0 saturated carbocycles. The summed E-state index contributed by atoms with van der Waals surface area (Å²) in [5, 5.41) is 0. The summed E-state index contributed by atoms with van der Waals surface area (Å²) in [5.74, 6) is 0.145. The van der Waals surface area contributed by atoms with Gasteiger partial charge in [0.2, 0.25) is 11.8 Å². The van der Waals surface area contributed by atoms with Gasteiger partial charge in [-0.3, -0.25) is 9.59 Å². The van der Waals surface area contributed by atoms with Gasteiger partial charge in [0.15, 0.2) is 0 Å². The Balaban J connectivity index is 2.09. The number of aryl methyl sites for hydroxylation is 2. The van der Waals surface area contributed by atoms with Gasteiger partial charge in [-0.2, -0.15) is 0 Å². The summed E-state index contributed by atoms with van der Waals surface area (Å²) in [7, 11) is 0. The number of anilines is 1. The topological polar surface area (TPSA) is 40.6 Å². The standard InChI is InChI=1S/C17H24N2O2/c1-13-7-6-8-14(2)17(13)19(15(3)20)12-9-16(21)18-10-4-5-11-18/h6-8H,4-5,9-12H2,1-3H3. The van der Waals surface area contributed by atoms with Gasteiger partial charge in [0.05, 0.1) is 0 Å². The van der Waals surface area contributed by atoms with Gasteiger partial charge >= 0.3 is 0 Å². The molecule has 1 aliphatic heterocycles. The van der Waals surface area contributed by atoms with Gasteiger partial charge in [0.25, 0.3) is 0 Å². The molecule has 2 amide bonds. The molecule has 2 rings (SSSR count). The summed E-state index contributed by atoms with van der Waals surface area (Å²) in [6.45, 7) is 7.74. The molecule has 4 heteroatoms. The Morgan fingerprint density at radius 1 is 1.14 bits per heavy atom. The van der Waals surface area contributed by atoms with Gasteiger partial charge < -0.3 is 9.80 Å². The highest BCUT2D eigenvalue weighted by molar-refractivity contribution is 5.94. The van der Waals surface area contributed by atoms with E-state index in [1.54, 1.807) is 11.8 Å². The van der Waals surface area contributed by atoms with Gasteiger partial charge in [0, 0.05) is 38.7 Å². The molecule has 1 saturated heterocycles. The van der Waals surface area contributed by atoms with Crippen LogP contribution in [0.4, 0.5) is 5.69 Å². The fraction of sp³-hybridized carbons (Fsp3) is 0.529. The molecule has 114 valence electrons. The lowest BCUT2D eigenvalue weighted by atomic mass is 10.1. The van der Waals surface area contributed by atoms with Crippen molar-refractivity contribution in [2.75, 3.05) is 24.5 Å². The highest BCUT2D eigenvalue weighted by Gasteiger charge is 2.21. The number of para-hydroxylation sites is 1. The number of hydrogen-bond acceptors (Lipinski definition) is 2. The fourth-order valence-electron chi connectivity index (χ4n) is 2.99. The first-order valence-electron chi connectivity index (χ1n) is 7.63. The lowest BCUT2D eigenvalue weighted by Crippen LogP contribution is -2.35. The Bertz CT molecular complexity index is 513. The summed E-state index contributed by atoms with van der Waals surface area (Å²) >= 11 is 0. The van der Waals surface area contributed by atoms with Crippen LogP contribution >= 0.6 is 0 Å². The van der Waals surface area contributed by atoms with E-state index in [9.17, 15) is 9.59 Å². The van der Waals surface area contributed by atoms with Crippen molar-refractivity contribution in [2.24, 2.45) is 0 Å². The van der Waals surface area contributed by atoms with E-state index in [0.29, 0.717) is 13.0 Å². The predicted octanol–water partition coefficient (Wildman–Crippen LogP) is 2.67. The minimum Gasteiger partial charge on any atom is -0.343 e. The summed E-state index contributed by atoms with van der Waals surface area (Å²) in [5.41, 5.74) is 3.08. The Morgan fingerprint density at radius 2 is 1.71 bits per heavy atom. The number of likely N-dealkylation sites (tertiary alicyclic amines) is 1. The number of amides is 2. The van der Waals surface area contributed by atoms with Crippen LogP contribution < -0.4 is 4.90 Å². The zero-order valence-electron chi connectivity index (χ0n) is 13.2. The maximum absolute atomic E-state index is 12.2. The van der Waals surface area contributed by atoms with E-state index >= 15 is 0 Å². The number of carbonyl (C=O) groups is 2. The lowest BCUT2D eigenvalue weighted by molar-refractivity contribution is -0.129. The van der Waals surface area contributed by atoms with Crippen LogP contribution in [0.2, 0.25) is 0 Å². The monoisotopic (exact) mass is 288 g/mol. The van der Waals surface area contributed by atoms with E-state index < -0.39 is 0 Å². The molecule has 0 N–H and O–H groups in total. The van der Waals surface area contributed by atoms with Crippen LogP contribution in [-0.4, -0.2) is 36.3 Å². The summed E-state index contributed by atoms with van der Waals surface area (Å²) < 4.78 is 0. The quantitative estimate of drug-likeness (QED) is 0.854. The molecule has 1 heterocycles. The van der Waals surface area contributed by atoms with Crippen LogP contribution in [0.25, 0.3) is 0 Å². The van der Waals surface area contributed by atoms with Gasteiger partial charge in [-0.15, -0.1) is 0 Å². The Hall–Kier alpha value is -1.84. The molecular weight excluding hydrogens is 264 g/mol. The molecule has 0 spiro atoms. The minimum absolute atomic E-state index is 0.0124. The zero-order chi connectivity index (χ0) is 15.4. The first kappa shape index (κ1) is 15.5. The molecule has 1 fully saturated rings. The number of benzene rings is 1. The van der Waals surface area contributed by atoms with Gasteiger partial charge in [0.1, 0.15) is 0 Å².